The van der Waals surface area contributed by atoms with Crippen molar-refractivity contribution in [2.24, 2.45) is 5.92 Å². The van der Waals surface area contributed by atoms with Crippen LogP contribution in [0.1, 0.15) is 30.5 Å². The van der Waals surface area contributed by atoms with Crippen molar-refractivity contribution in [2.45, 2.75) is 25.7 Å². The van der Waals surface area contributed by atoms with E-state index in [1.165, 1.54) is 23.5 Å². The maximum atomic E-state index is 12.9. The molecule has 1 heterocycles. The summed E-state index contributed by atoms with van der Waals surface area (Å²) < 4.78 is 17.8. The highest BCUT2D eigenvalue weighted by atomic mass is 32.1. The Bertz CT molecular complexity index is 745. The van der Waals surface area contributed by atoms with Gasteiger partial charge in [-0.15, -0.1) is 11.3 Å². The Hall–Kier alpha value is -2.28. The molecule has 1 fully saturated rings. The van der Waals surface area contributed by atoms with Gasteiger partial charge in [0.15, 0.2) is 5.13 Å². The Kier molecular flexibility index (Phi) is 4.89. The molecule has 1 amide bonds. The van der Waals surface area contributed by atoms with Gasteiger partial charge in [-0.2, -0.15) is 0 Å². The van der Waals surface area contributed by atoms with Gasteiger partial charge in [-0.3, -0.25) is 9.59 Å². The fraction of sp³-hybridized carbons (Fsp3) is 0.353. The molecule has 24 heavy (non-hydrogen) atoms. The molecule has 1 aromatic heterocycles. The number of amides is 1. The number of carbonyl (C=O) groups excluding carboxylic acids is 2. The lowest BCUT2D eigenvalue weighted by molar-refractivity contribution is -0.142. The number of benzene rings is 1. The number of esters is 1. The minimum Gasteiger partial charge on any atom is -0.466 e. The van der Waals surface area contributed by atoms with Crippen LogP contribution in [0, 0.1) is 11.7 Å². The lowest BCUT2D eigenvalue weighted by Gasteiger charge is -2.02. The minimum absolute atomic E-state index is 0.0960. The quantitative estimate of drug-likeness (QED) is 0.815. The van der Waals surface area contributed by atoms with Crippen molar-refractivity contribution in [3.05, 3.63) is 46.7 Å². The van der Waals surface area contributed by atoms with Gasteiger partial charge in [-0.05, 0) is 37.0 Å². The molecule has 0 aliphatic heterocycles. The number of carbonyl (C=O) groups is 2. The normalized spacial score (nSPS) is 18.9. The SMILES string of the molecule is CCOC(=O)Cc1csc(NC(=O)[C@H]2C[C@@H]2c2ccc(F)cc2)n1. The number of halogens is 1. The van der Waals surface area contributed by atoms with Crippen LogP contribution in [0.15, 0.2) is 29.6 Å². The Morgan fingerprint density at radius 1 is 1.38 bits per heavy atom. The van der Waals surface area contributed by atoms with Crippen LogP contribution in [0.2, 0.25) is 0 Å². The van der Waals surface area contributed by atoms with Gasteiger partial charge in [0.25, 0.3) is 0 Å². The first-order chi connectivity index (χ1) is 11.6. The predicted molar refractivity (Wildman–Crippen MR) is 88.3 cm³/mol. The lowest BCUT2D eigenvalue weighted by Crippen LogP contribution is -2.14. The van der Waals surface area contributed by atoms with Gasteiger partial charge < -0.3 is 10.1 Å². The first-order valence-corrected chi connectivity index (χ1v) is 8.61. The molecule has 0 radical (unpaired) electrons. The Balaban J connectivity index is 1.54. The summed E-state index contributed by atoms with van der Waals surface area (Å²) >= 11 is 1.28. The van der Waals surface area contributed by atoms with Crippen molar-refractivity contribution in [3.8, 4) is 0 Å². The third kappa shape index (κ3) is 3.97. The van der Waals surface area contributed by atoms with Gasteiger partial charge in [-0.25, -0.2) is 9.37 Å². The number of aromatic nitrogens is 1. The van der Waals surface area contributed by atoms with Crippen LogP contribution in [0.4, 0.5) is 9.52 Å². The van der Waals surface area contributed by atoms with Gasteiger partial charge in [-0.1, -0.05) is 12.1 Å². The Morgan fingerprint density at radius 2 is 2.12 bits per heavy atom. The fourth-order valence-electron chi connectivity index (χ4n) is 2.57. The maximum absolute atomic E-state index is 12.9. The molecule has 1 N–H and O–H groups in total. The van der Waals surface area contributed by atoms with Crippen LogP contribution in [0.25, 0.3) is 0 Å². The minimum atomic E-state index is -0.334. The molecule has 2 atom stereocenters. The first-order valence-electron chi connectivity index (χ1n) is 7.73. The average molecular weight is 348 g/mol. The van der Waals surface area contributed by atoms with Crippen molar-refractivity contribution in [3.63, 3.8) is 0 Å². The van der Waals surface area contributed by atoms with E-state index in [-0.39, 0.29) is 36.0 Å². The standard InChI is InChI=1S/C17H17FN2O3S/c1-2-23-15(21)7-12-9-24-17(19-12)20-16(22)14-8-13(14)10-3-5-11(18)6-4-10/h3-6,9,13-14H,2,7-8H2,1H3,(H,19,20,22)/t13-,14+/m1/s1. The molecule has 1 aliphatic rings. The summed E-state index contributed by atoms with van der Waals surface area (Å²) in [5.41, 5.74) is 1.55. The molecule has 1 aromatic carbocycles. The van der Waals surface area contributed by atoms with Crippen LogP contribution >= 0.6 is 11.3 Å². The number of rotatable bonds is 6. The zero-order valence-corrected chi connectivity index (χ0v) is 13.9. The lowest BCUT2D eigenvalue weighted by atomic mass is 10.1. The van der Waals surface area contributed by atoms with Crippen molar-refractivity contribution in [1.29, 1.82) is 0 Å². The van der Waals surface area contributed by atoms with Crippen LogP contribution < -0.4 is 5.32 Å². The van der Waals surface area contributed by atoms with Crippen LogP contribution in [0.3, 0.4) is 0 Å². The van der Waals surface area contributed by atoms with Gasteiger partial charge in [0.2, 0.25) is 5.91 Å². The Labute approximate surface area is 142 Å². The second-order valence-electron chi connectivity index (χ2n) is 5.62. The molecule has 0 saturated heterocycles. The molecule has 0 bridgehead atoms. The van der Waals surface area contributed by atoms with Crippen LogP contribution in [-0.4, -0.2) is 23.5 Å². The van der Waals surface area contributed by atoms with E-state index in [1.807, 2.05) is 0 Å². The fourth-order valence-corrected chi connectivity index (χ4v) is 3.28. The van der Waals surface area contributed by atoms with Gasteiger partial charge in [0.05, 0.1) is 18.7 Å². The van der Waals surface area contributed by atoms with E-state index in [9.17, 15) is 14.0 Å². The molecular weight excluding hydrogens is 331 g/mol. The van der Waals surface area contributed by atoms with E-state index in [1.54, 1.807) is 24.4 Å². The molecule has 2 aromatic rings. The van der Waals surface area contributed by atoms with Crippen molar-refractivity contribution in [1.82, 2.24) is 4.98 Å². The van der Waals surface area contributed by atoms with E-state index < -0.39 is 0 Å². The number of ether oxygens (including phenoxy) is 1. The third-order valence-electron chi connectivity index (χ3n) is 3.84. The third-order valence-corrected chi connectivity index (χ3v) is 4.64. The van der Waals surface area contributed by atoms with E-state index in [4.69, 9.17) is 4.74 Å². The molecular formula is C17H17FN2O3S. The van der Waals surface area contributed by atoms with Gasteiger partial charge >= 0.3 is 5.97 Å². The molecule has 1 aliphatic carbocycles. The van der Waals surface area contributed by atoms with E-state index >= 15 is 0 Å². The van der Waals surface area contributed by atoms with Crippen LogP contribution in [0.5, 0.6) is 0 Å². The summed E-state index contributed by atoms with van der Waals surface area (Å²) in [6, 6.07) is 6.25. The number of nitrogens with one attached hydrogen (secondary N) is 1. The summed E-state index contributed by atoms with van der Waals surface area (Å²) in [5, 5.41) is 4.99. The zero-order valence-electron chi connectivity index (χ0n) is 13.1. The van der Waals surface area contributed by atoms with Gasteiger partial charge in [0, 0.05) is 11.3 Å². The monoisotopic (exact) mass is 348 g/mol. The predicted octanol–water partition coefficient (Wildman–Crippen LogP) is 3.13. The number of thiazole rings is 1. The summed E-state index contributed by atoms with van der Waals surface area (Å²) in [5.74, 6) is -0.699. The number of anilines is 1. The van der Waals surface area contributed by atoms with E-state index in [0.717, 1.165) is 12.0 Å². The second-order valence-corrected chi connectivity index (χ2v) is 6.47. The van der Waals surface area contributed by atoms with Crippen LogP contribution in [-0.2, 0) is 20.7 Å². The van der Waals surface area contributed by atoms with Gasteiger partial charge in [0.1, 0.15) is 5.82 Å². The molecule has 3 rings (SSSR count). The summed E-state index contributed by atoms with van der Waals surface area (Å²) in [7, 11) is 0. The molecule has 126 valence electrons. The molecule has 0 unspecified atom stereocenters. The summed E-state index contributed by atoms with van der Waals surface area (Å²) in [6.07, 6.45) is 0.848. The average Bonchev–Trinajstić information content (AvgIpc) is 3.24. The highest BCUT2D eigenvalue weighted by molar-refractivity contribution is 7.13. The zero-order chi connectivity index (χ0) is 17.1. The van der Waals surface area contributed by atoms with Crippen molar-refractivity contribution < 1.29 is 18.7 Å². The molecule has 5 nitrogen and oxygen atoms in total. The smallest absolute Gasteiger partial charge is 0.311 e. The summed E-state index contributed by atoms with van der Waals surface area (Å²) in [4.78, 5) is 27.9. The molecule has 0 spiro atoms. The summed E-state index contributed by atoms with van der Waals surface area (Å²) in [6.45, 7) is 2.08. The van der Waals surface area contributed by atoms with E-state index in [0.29, 0.717) is 17.4 Å². The second kappa shape index (κ2) is 7.09. The highest BCUT2D eigenvalue weighted by Gasteiger charge is 2.44. The first kappa shape index (κ1) is 16.6. The van der Waals surface area contributed by atoms with Crippen molar-refractivity contribution in [2.75, 3.05) is 11.9 Å². The molecule has 1 saturated carbocycles. The number of nitrogens with zero attached hydrogens (tertiary/aromatic N) is 1. The maximum Gasteiger partial charge on any atom is 0.311 e. The topological polar surface area (TPSA) is 68.3 Å². The van der Waals surface area contributed by atoms with Crippen molar-refractivity contribution >= 4 is 28.3 Å². The van der Waals surface area contributed by atoms with E-state index in [2.05, 4.69) is 10.3 Å². The number of hydrogen-bond donors (Lipinski definition) is 1. The molecule has 7 heteroatoms. The highest BCUT2D eigenvalue weighted by Crippen LogP contribution is 2.48. The largest absolute Gasteiger partial charge is 0.466 e. The Morgan fingerprint density at radius 3 is 2.83 bits per heavy atom. The number of hydrogen-bond acceptors (Lipinski definition) is 5.